The van der Waals surface area contributed by atoms with Gasteiger partial charge in [-0.25, -0.2) is 0 Å². The zero-order chi connectivity index (χ0) is 14.8. The van der Waals surface area contributed by atoms with Crippen LogP contribution in [0.25, 0.3) is 0 Å². The van der Waals surface area contributed by atoms with Gasteiger partial charge in [0.15, 0.2) is 0 Å². The van der Waals surface area contributed by atoms with E-state index in [9.17, 15) is 4.79 Å². The van der Waals surface area contributed by atoms with E-state index in [-0.39, 0.29) is 11.8 Å². The molecule has 1 atom stereocenters. The molecule has 2 rings (SSSR count). The Balaban J connectivity index is 2.46. The molecule has 1 aliphatic heterocycles. The number of hydrogen-bond acceptors (Lipinski definition) is 5. The minimum absolute atomic E-state index is 0.213. The molecule has 0 spiro atoms. The van der Waals surface area contributed by atoms with Crippen LogP contribution in [0.15, 0.2) is 40.6 Å². The van der Waals surface area contributed by atoms with Gasteiger partial charge in [-0.1, -0.05) is 39.3 Å². The van der Waals surface area contributed by atoms with Gasteiger partial charge >= 0.3 is 0 Å². The van der Waals surface area contributed by atoms with E-state index in [1.807, 2.05) is 18.2 Å². The van der Waals surface area contributed by atoms with Crippen LogP contribution in [0.4, 0.5) is 5.69 Å². The van der Waals surface area contributed by atoms with Crippen LogP contribution in [0.5, 0.6) is 0 Å². The lowest BCUT2D eigenvalue weighted by molar-refractivity contribution is -0.117. The number of carbonyl (C=O) groups excluding carboxylic acids is 1. The van der Waals surface area contributed by atoms with Crippen molar-refractivity contribution in [3.8, 4) is 0 Å². The summed E-state index contributed by atoms with van der Waals surface area (Å²) in [5.41, 5.74) is 1.06. The summed E-state index contributed by atoms with van der Waals surface area (Å²) >= 11 is 3.38. The molecule has 0 aliphatic carbocycles. The van der Waals surface area contributed by atoms with E-state index in [4.69, 9.17) is 9.57 Å². The van der Waals surface area contributed by atoms with Crippen molar-refractivity contribution in [1.82, 2.24) is 0 Å². The Bertz CT molecular complexity index is 573. The Morgan fingerprint density at radius 3 is 2.55 bits per heavy atom. The quantitative estimate of drug-likeness (QED) is 0.481. The van der Waals surface area contributed by atoms with Crippen LogP contribution in [0.2, 0.25) is 0 Å². The maximum absolute atomic E-state index is 12.7. The van der Waals surface area contributed by atoms with E-state index in [2.05, 4.69) is 26.2 Å². The number of hydrazone groups is 1. The second kappa shape index (κ2) is 5.62. The fourth-order valence-electron chi connectivity index (χ4n) is 1.88. The molecule has 0 fully saturated rings. The van der Waals surface area contributed by atoms with Gasteiger partial charge in [0.1, 0.15) is 7.11 Å². The van der Waals surface area contributed by atoms with E-state index >= 15 is 0 Å². The van der Waals surface area contributed by atoms with Crippen molar-refractivity contribution >= 4 is 39.1 Å². The first-order valence-electron chi connectivity index (χ1n) is 5.85. The highest BCUT2D eigenvalue weighted by atomic mass is 79.9. The first kappa shape index (κ1) is 14.5. The van der Waals surface area contributed by atoms with E-state index in [1.165, 1.54) is 19.2 Å². The molecule has 0 saturated heterocycles. The summed E-state index contributed by atoms with van der Waals surface area (Å²) < 4.78 is 3.98. The number of nitrogens with zero attached hydrogens (tertiary/aromatic N) is 3. The number of anilines is 1. The van der Waals surface area contributed by atoms with Crippen molar-refractivity contribution < 1.29 is 14.4 Å². The third-order valence-corrected chi connectivity index (χ3v) is 4.15. The number of oxime groups is 1. The van der Waals surface area contributed by atoms with Crippen molar-refractivity contribution in [2.75, 3.05) is 19.2 Å². The minimum atomic E-state index is -1.24. The molecule has 0 N–H and O–H groups in total. The maximum Gasteiger partial charge on any atom is 0.279 e. The number of amides is 1. The minimum Gasteiger partial charge on any atom is -0.481 e. The summed E-state index contributed by atoms with van der Waals surface area (Å²) in [6.07, 6.45) is 0. The van der Waals surface area contributed by atoms with Gasteiger partial charge in [-0.2, -0.15) is 5.01 Å². The first-order chi connectivity index (χ1) is 9.55. The third kappa shape index (κ3) is 2.18. The standard InChI is InChI=1S/C13H14BrN3O3/c1-9(16-20-3)13(14)11(19-2)15-17(12(13)18)10-7-5-4-6-8-10/h4-8H,1-3H3. The maximum atomic E-state index is 12.7. The van der Waals surface area contributed by atoms with Crippen molar-refractivity contribution in [3.05, 3.63) is 30.3 Å². The van der Waals surface area contributed by atoms with Crippen LogP contribution < -0.4 is 5.01 Å². The zero-order valence-corrected chi connectivity index (χ0v) is 12.9. The molecule has 0 saturated carbocycles. The summed E-state index contributed by atoms with van der Waals surface area (Å²) in [7, 11) is 2.87. The number of carbonyl (C=O) groups is 1. The van der Waals surface area contributed by atoms with E-state index in [1.54, 1.807) is 19.1 Å². The molecular weight excluding hydrogens is 326 g/mol. The molecule has 1 aliphatic rings. The Kier molecular flexibility index (Phi) is 4.08. The van der Waals surface area contributed by atoms with E-state index in [0.29, 0.717) is 11.4 Å². The summed E-state index contributed by atoms with van der Waals surface area (Å²) in [5, 5.41) is 9.31. The second-order valence-corrected chi connectivity index (χ2v) is 5.27. The molecule has 1 aromatic rings. The Hall–Kier alpha value is -1.89. The summed E-state index contributed by atoms with van der Waals surface area (Å²) in [5.74, 6) is -0.0940. The Labute approximate surface area is 125 Å². The highest BCUT2D eigenvalue weighted by molar-refractivity contribution is 9.11. The van der Waals surface area contributed by atoms with E-state index in [0.717, 1.165) is 0 Å². The average Bonchev–Trinajstić information content (AvgIpc) is 2.73. The van der Waals surface area contributed by atoms with Gasteiger partial charge in [-0.3, -0.25) is 4.79 Å². The Morgan fingerprint density at radius 1 is 1.35 bits per heavy atom. The summed E-state index contributed by atoms with van der Waals surface area (Å²) in [6.45, 7) is 1.67. The molecule has 1 unspecified atom stereocenters. The highest BCUT2D eigenvalue weighted by Crippen LogP contribution is 2.34. The number of methoxy groups -OCH3 is 1. The summed E-state index contributed by atoms with van der Waals surface area (Å²) in [6, 6.07) is 9.10. The monoisotopic (exact) mass is 339 g/mol. The van der Waals surface area contributed by atoms with Crippen LogP contribution in [0.1, 0.15) is 6.92 Å². The smallest absolute Gasteiger partial charge is 0.279 e. The van der Waals surface area contributed by atoms with Crippen LogP contribution in [-0.2, 0) is 14.4 Å². The van der Waals surface area contributed by atoms with Crippen molar-refractivity contribution in [2.24, 2.45) is 10.3 Å². The van der Waals surface area contributed by atoms with Crippen molar-refractivity contribution in [1.29, 1.82) is 0 Å². The van der Waals surface area contributed by atoms with Crippen LogP contribution >= 0.6 is 15.9 Å². The average molecular weight is 340 g/mol. The fourth-order valence-corrected chi connectivity index (χ4v) is 2.36. The number of hydrogen-bond donors (Lipinski definition) is 0. The Morgan fingerprint density at radius 2 is 2.00 bits per heavy atom. The van der Waals surface area contributed by atoms with E-state index < -0.39 is 4.32 Å². The lowest BCUT2D eigenvalue weighted by Crippen LogP contribution is -2.47. The molecule has 106 valence electrons. The second-order valence-electron chi connectivity index (χ2n) is 4.08. The number of benzene rings is 1. The first-order valence-corrected chi connectivity index (χ1v) is 6.64. The van der Waals surface area contributed by atoms with Gasteiger partial charge in [0.05, 0.1) is 18.5 Å². The molecule has 1 aromatic carbocycles. The molecule has 20 heavy (non-hydrogen) atoms. The van der Waals surface area contributed by atoms with Crippen molar-refractivity contribution in [2.45, 2.75) is 11.2 Å². The predicted octanol–water partition coefficient (Wildman–Crippen LogP) is 2.15. The number of alkyl halides is 1. The van der Waals surface area contributed by atoms with Gasteiger partial charge in [-0.15, -0.1) is 5.10 Å². The highest BCUT2D eigenvalue weighted by Gasteiger charge is 2.54. The number of para-hydroxylation sites is 1. The number of rotatable bonds is 3. The lowest BCUT2D eigenvalue weighted by atomic mass is 10.0. The lowest BCUT2D eigenvalue weighted by Gasteiger charge is -2.20. The topological polar surface area (TPSA) is 63.5 Å². The van der Waals surface area contributed by atoms with Gasteiger partial charge < -0.3 is 9.57 Å². The predicted molar refractivity (Wildman–Crippen MR) is 80.1 cm³/mol. The molecular formula is C13H14BrN3O3. The normalized spacial score (nSPS) is 22.8. The molecule has 7 heteroatoms. The number of ether oxygens (including phenoxy) is 1. The van der Waals surface area contributed by atoms with Gasteiger partial charge in [0.25, 0.3) is 5.91 Å². The largest absolute Gasteiger partial charge is 0.481 e. The van der Waals surface area contributed by atoms with Crippen LogP contribution in [-0.4, -0.2) is 36.1 Å². The van der Waals surface area contributed by atoms with Crippen LogP contribution in [0.3, 0.4) is 0 Å². The SMILES string of the molecule is CON=C(C)C1(Br)C(=O)N(c2ccccc2)N=C1OC. The molecule has 0 aromatic heterocycles. The van der Waals surface area contributed by atoms with Gasteiger partial charge in [0, 0.05) is 0 Å². The molecule has 1 heterocycles. The van der Waals surface area contributed by atoms with Gasteiger partial charge in [-0.05, 0) is 19.1 Å². The van der Waals surface area contributed by atoms with Gasteiger partial charge in [0.2, 0.25) is 10.2 Å². The molecule has 0 bridgehead atoms. The summed E-state index contributed by atoms with van der Waals surface area (Å²) in [4.78, 5) is 17.4. The third-order valence-electron chi connectivity index (χ3n) is 2.89. The molecule has 6 nitrogen and oxygen atoms in total. The molecule has 0 radical (unpaired) electrons. The zero-order valence-electron chi connectivity index (χ0n) is 11.3. The molecule has 1 amide bonds. The van der Waals surface area contributed by atoms with Crippen molar-refractivity contribution in [3.63, 3.8) is 0 Å². The fraction of sp³-hybridized carbons (Fsp3) is 0.308. The van der Waals surface area contributed by atoms with Crippen LogP contribution in [0, 0.1) is 0 Å². The number of halogens is 1.